The van der Waals surface area contributed by atoms with Crippen LogP contribution in [0.3, 0.4) is 0 Å². The summed E-state index contributed by atoms with van der Waals surface area (Å²) in [6.07, 6.45) is 0.750. The smallest absolute Gasteiger partial charge is 0.0734 e. The van der Waals surface area contributed by atoms with E-state index in [1.165, 1.54) is 0 Å². The largest absolute Gasteiger partial charge is 0.303 e. The second kappa shape index (κ2) is 6.79. The maximum absolute atomic E-state index is 4.55. The highest BCUT2D eigenvalue weighted by molar-refractivity contribution is 6.11. The van der Waals surface area contributed by atoms with Crippen molar-refractivity contribution >= 4 is 11.4 Å². The summed E-state index contributed by atoms with van der Waals surface area (Å²) in [5.41, 5.74) is 3.22. The van der Waals surface area contributed by atoms with Gasteiger partial charge in [-0.05, 0) is 12.5 Å². The topological polar surface area (TPSA) is 31.2 Å². The van der Waals surface area contributed by atoms with Crippen LogP contribution in [0.4, 0.5) is 0 Å². The fourth-order valence-electron chi connectivity index (χ4n) is 1.69. The predicted octanol–water partition coefficient (Wildman–Crippen LogP) is 2.28. The van der Waals surface area contributed by atoms with Crippen molar-refractivity contribution in [2.24, 2.45) is 10.2 Å². The SMILES string of the molecule is C/C(C/C(=N\N(C)C)c1ccccc1)=N\N(C)C. The molecule has 0 aliphatic rings. The molecule has 1 aromatic carbocycles. The molecule has 18 heavy (non-hydrogen) atoms. The summed E-state index contributed by atoms with van der Waals surface area (Å²) in [6, 6.07) is 10.2. The normalized spacial score (nSPS) is 12.5. The molecule has 0 aromatic heterocycles. The highest BCUT2D eigenvalue weighted by atomic mass is 15.4. The van der Waals surface area contributed by atoms with Crippen molar-refractivity contribution in [3.8, 4) is 0 Å². The van der Waals surface area contributed by atoms with Crippen molar-refractivity contribution < 1.29 is 0 Å². The first-order valence-electron chi connectivity index (χ1n) is 6.00. The van der Waals surface area contributed by atoms with Crippen LogP contribution in [-0.2, 0) is 0 Å². The minimum Gasteiger partial charge on any atom is -0.303 e. The van der Waals surface area contributed by atoms with Gasteiger partial charge in [0, 0.05) is 40.3 Å². The average Bonchev–Trinajstić information content (AvgIpc) is 2.27. The van der Waals surface area contributed by atoms with E-state index in [-0.39, 0.29) is 0 Å². The van der Waals surface area contributed by atoms with Gasteiger partial charge >= 0.3 is 0 Å². The van der Waals surface area contributed by atoms with Gasteiger partial charge < -0.3 is 10.0 Å². The molecule has 0 radical (unpaired) electrons. The van der Waals surface area contributed by atoms with Crippen LogP contribution in [0.2, 0.25) is 0 Å². The van der Waals surface area contributed by atoms with Gasteiger partial charge in [0.05, 0.1) is 5.71 Å². The summed E-state index contributed by atoms with van der Waals surface area (Å²) in [4.78, 5) is 0. The summed E-state index contributed by atoms with van der Waals surface area (Å²) >= 11 is 0. The lowest BCUT2D eigenvalue weighted by atomic mass is 10.1. The first-order valence-corrected chi connectivity index (χ1v) is 6.00. The van der Waals surface area contributed by atoms with Crippen LogP contribution in [0.15, 0.2) is 40.5 Å². The van der Waals surface area contributed by atoms with E-state index in [1.807, 2.05) is 63.3 Å². The van der Waals surface area contributed by atoms with Crippen molar-refractivity contribution in [3.05, 3.63) is 35.9 Å². The lowest BCUT2D eigenvalue weighted by Crippen LogP contribution is -2.15. The Balaban J connectivity index is 2.95. The van der Waals surface area contributed by atoms with Crippen LogP contribution in [-0.4, -0.2) is 49.6 Å². The fraction of sp³-hybridized carbons (Fsp3) is 0.429. The molecule has 0 bridgehead atoms. The van der Waals surface area contributed by atoms with Gasteiger partial charge in [0.15, 0.2) is 0 Å². The molecule has 0 atom stereocenters. The van der Waals surface area contributed by atoms with Crippen LogP contribution < -0.4 is 0 Å². The Labute approximate surface area is 110 Å². The molecule has 0 aliphatic carbocycles. The quantitative estimate of drug-likeness (QED) is 0.589. The molecule has 98 valence electrons. The van der Waals surface area contributed by atoms with Crippen LogP contribution in [0, 0.1) is 0 Å². The van der Waals surface area contributed by atoms with Gasteiger partial charge in [-0.1, -0.05) is 30.3 Å². The predicted molar refractivity (Wildman–Crippen MR) is 78.1 cm³/mol. The van der Waals surface area contributed by atoms with Crippen molar-refractivity contribution in [2.45, 2.75) is 13.3 Å². The van der Waals surface area contributed by atoms with Crippen molar-refractivity contribution in [1.29, 1.82) is 0 Å². The molecule has 0 amide bonds. The molecular formula is C14H22N4. The molecule has 1 rings (SSSR count). The second-order valence-electron chi connectivity index (χ2n) is 4.62. The van der Waals surface area contributed by atoms with Gasteiger partial charge in [-0.3, -0.25) is 0 Å². The molecule has 0 saturated heterocycles. The second-order valence-corrected chi connectivity index (χ2v) is 4.62. The van der Waals surface area contributed by atoms with Gasteiger partial charge in [0.1, 0.15) is 0 Å². The van der Waals surface area contributed by atoms with Crippen LogP contribution in [0.25, 0.3) is 0 Å². The third-order valence-electron chi connectivity index (χ3n) is 2.22. The molecule has 0 N–H and O–H groups in total. The highest BCUT2D eigenvalue weighted by Crippen LogP contribution is 2.07. The molecule has 0 heterocycles. The molecule has 4 heteroatoms. The first-order chi connectivity index (χ1) is 8.49. The van der Waals surface area contributed by atoms with Crippen molar-refractivity contribution in [2.75, 3.05) is 28.2 Å². The molecule has 0 saturated carbocycles. The highest BCUT2D eigenvalue weighted by Gasteiger charge is 2.06. The maximum Gasteiger partial charge on any atom is 0.0734 e. The Morgan fingerprint density at radius 3 is 2.00 bits per heavy atom. The summed E-state index contributed by atoms with van der Waals surface area (Å²) < 4.78 is 0. The van der Waals surface area contributed by atoms with E-state index in [9.17, 15) is 0 Å². The van der Waals surface area contributed by atoms with Gasteiger partial charge in [-0.15, -0.1) is 0 Å². The Hall–Kier alpha value is -1.84. The zero-order valence-corrected chi connectivity index (χ0v) is 11.9. The maximum atomic E-state index is 4.55. The third kappa shape index (κ3) is 4.99. The van der Waals surface area contributed by atoms with E-state index >= 15 is 0 Å². The molecule has 4 nitrogen and oxygen atoms in total. The Morgan fingerprint density at radius 1 is 0.944 bits per heavy atom. The minimum absolute atomic E-state index is 0.750. The molecule has 0 unspecified atom stereocenters. The zero-order valence-electron chi connectivity index (χ0n) is 11.9. The number of rotatable bonds is 5. The Morgan fingerprint density at radius 2 is 1.50 bits per heavy atom. The molecular weight excluding hydrogens is 224 g/mol. The summed E-state index contributed by atoms with van der Waals surface area (Å²) in [6.45, 7) is 2.02. The number of hydrazone groups is 2. The lowest BCUT2D eigenvalue weighted by molar-refractivity contribution is 0.434. The van der Waals surface area contributed by atoms with Gasteiger partial charge in [-0.2, -0.15) is 10.2 Å². The van der Waals surface area contributed by atoms with Gasteiger partial charge in [0.25, 0.3) is 0 Å². The molecule has 0 spiro atoms. The summed E-state index contributed by atoms with van der Waals surface area (Å²) in [5.74, 6) is 0. The van der Waals surface area contributed by atoms with Crippen molar-refractivity contribution in [3.63, 3.8) is 0 Å². The van der Waals surface area contributed by atoms with E-state index in [2.05, 4.69) is 22.3 Å². The van der Waals surface area contributed by atoms with E-state index in [0.717, 1.165) is 23.4 Å². The van der Waals surface area contributed by atoms with E-state index in [4.69, 9.17) is 0 Å². The number of hydrogen-bond donors (Lipinski definition) is 0. The monoisotopic (exact) mass is 246 g/mol. The fourth-order valence-corrected chi connectivity index (χ4v) is 1.69. The Kier molecular flexibility index (Phi) is 5.36. The van der Waals surface area contributed by atoms with Gasteiger partial charge in [-0.25, -0.2) is 0 Å². The average molecular weight is 246 g/mol. The standard InChI is InChI=1S/C14H22N4/c1-12(15-17(2)3)11-14(16-18(4)5)13-9-7-6-8-10-13/h6-10H,11H2,1-5H3/b15-12+,16-14+. The third-order valence-corrected chi connectivity index (χ3v) is 2.22. The van der Waals surface area contributed by atoms with E-state index in [0.29, 0.717) is 0 Å². The summed E-state index contributed by atoms with van der Waals surface area (Å²) in [5, 5.41) is 12.6. The van der Waals surface area contributed by atoms with Crippen LogP contribution in [0.1, 0.15) is 18.9 Å². The molecule has 1 aromatic rings. The van der Waals surface area contributed by atoms with Crippen LogP contribution in [0.5, 0.6) is 0 Å². The zero-order chi connectivity index (χ0) is 13.5. The number of nitrogens with zero attached hydrogens (tertiary/aromatic N) is 4. The van der Waals surface area contributed by atoms with Gasteiger partial charge in [0.2, 0.25) is 0 Å². The first kappa shape index (κ1) is 14.2. The Bertz CT molecular complexity index is 419. The summed E-state index contributed by atoms with van der Waals surface area (Å²) in [7, 11) is 7.71. The van der Waals surface area contributed by atoms with Crippen molar-refractivity contribution in [1.82, 2.24) is 10.0 Å². The van der Waals surface area contributed by atoms with E-state index in [1.54, 1.807) is 0 Å². The van der Waals surface area contributed by atoms with Crippen LogP contribution >= 0.6 is 0 Å². The minimum atomic E-state index is 0.750. The van der Waals surface area contributed by atoms with E-state index < -0.39 is 0 Å². The lowest BCUT2D eigenvalue weighted by Gasteiger charge is -2.12. The number of benzene rings is 1. The molecule has 0 fully saturated rings. The molecule has 0 aliphatic heterocycles. The number of hydrogen-bond acceptors (Lipinski definition) is 4.